The van der Waals surface area contributed by atoms with Gasteiger partial charge < -0.3 is 5.32 Å². The topological polar surface area (TPSA) is 90.5 Å². The molecular formula is C18H15N7O. The minimum absolute atomic E-state index is 0.236. The fourth-order valence-electron chi connectivity index (χ4n) is 2.52. The standard InChI is InChI=1S/C18H15N7O/c1-13-16(10-24(23-13)15-5-3-2-4-6-15)18(26)22-14-7-8-17(20-9-14)25-12-19-11-21-25/h2-12H,1H3,(H,22,26). The van der Waals surface area contributed by atoms with Gasteiger partial charge in [-0.05, 0) is 31.2 Å². The summed E-state index contributed by atoms with van der Waals surface area (Å²) >= 11 is 0. The number of carbonyl (C=O) groups excluding carboxylic acids is 1. The summed E-state index contributed by atoms with van der Waals surface area (Å²) in [5.41, 5.74) is 2.65. The minimum Gasteiger partial charge on any atom is -0.320 e. The van der Waals surface area contributed by atoms with E-state index in [0.717, 1.165) is 5.69 Å². The molecule has 0 saturated heterocycles. The number of carbonyl (C=O) groups is 1. The van der Waals surface area contributed by atoms with E-state index in [-0.39, 0.29) is 5.91 Å². The van der Waals surface area contributed by atoms with Crippen molar-refractivity contribution in [3.05, 3.63) is 78.8 Å². The number of hydrogen-bond acceptors (Lipinski definition) is 5. The highest BCUT2D eigenvalue weighted by molar-refractivity contribution is 6.04. The van der Waals surface area contributed by atoms with Gasteiger partial charge in [0.1, 0.15) is 12.7 Å². The first-order chi connectivity index (χ1) is 12.7. The van der Waals surface area contributed by atoms with Gasteiger partial charge in [-0.1, -0.05) is 18.2 Å². The molecule has 0 spiro atoms. The number of pyridine rings is 1. The Balaban J connectivity index is 1.52. The van der Waals surface area contributed by atoms with Crippen LogP contribution in [0.2, 0.25) is 0 Å². The summed E-state index contributed by atoms with van der Waals surface area (Å²) in [4.78, 5) is 20.7. The van der Waals surface area contributed by atoms with Gasteiger partial charge in [-0.3, -0.25) is 4.79 Å². The Morgan fingerprint density at radius 2 is 1.92 bits per heavy atom. The molecule has 1 aromatic carbocycles. The number of para-hydroxylation sites is 1. The number of anilines is 1. The molecule has 26 heavy (non-hydrogen) atoms. The van der Waals surface area contributed by atoms with Crippen LogP contribution in [0.3, 0.4) is 0 Å². The molecule has 3 aromatic heterocycles. The number of nitrogens with zero attached hydrogens (tertiary/aromatic N) is 6. The largest absolute Gasteiger partial charge is 0.320 e. The maximum absolute atomic E-state index is 12.6. The third-order valence-electron chi connectivity index (χ3n) is 3.82. The molecule has 0 fully saturated rings. The maximum atomic E-state index is 12.6. The lowest BCUT2D eigenvalue weighted by molar-refractivity contribution is 0.102. The highest BCUT2D eigenvalue weighted by Gasteiger charge is 2.14. The zero-order valence-corrected chi connectivity index (χ0v) is 13.9. The van der Waals surface area contributed by atoms with Crippen molar-refractivity contribution in [2.75, 3.05) is 5.32 Å². The molecule has 128 valence electrons. The lowest BCUT2D eigenvalue weighted by Crippen LogP contribution is -2.12. The van der Waals surface area contributed by atoms with Gasteiger partial charge in [0.15, 0.2) is 5.82 Å². The predicted molar refractivity (Wildman–Crippen MR) is 95.4 cm³/mol. The molecule has 8 heteroatoms. The number of aromatic nitrogens is 6. The van der Waals surface area contributed by atoms with Crippen molar-refractivity contribution in [2.24, 2.45) is 0 Å². The molecule has 0 aliphatic heterocycles. The van der Waals surface area contributed by atoms with Crippen LogP contribution in [0.4, 0.5) is 5.69 Å². The van der Waals surface area contributed by atoms with Gasteiger partial charge in [0.2, 0.25) is 0 Å². The second kappa shape index (κ2) is 6.60. The van der Waals surface area contributed by atoms with Crippen molar-refractivity contribution < 1.29 is 4.79 Å². The molecule has 4 rings (SSSR count). The second-order valence-electron chi connectivity index (χ2n) is 5.61. The van der Waals surface area contributed by atoms with Gasteiger partial charge in [-0.25, -0.2) is 19.3 Å². The number of amides is 1. The number of hydrogen-bond donors (Lipinski definition) is 1. The van der Waals surface area contributed by atoms with Crippen molar-refractivity contribution in [3.63, 3.8) is 0 Å². The highest BCUT2D eigenvalue weighted by atomic mass is 16.1. The van der Waals surface area contributed by atoms with E-state index >= 15 is 0 Å². The first-order valence-electron chi connectivity index (χ1n) is 7.95. The molecule has 8 nitrogen and oxygen atoms in total. The Kier molecular flexibility index (Phi) is 3.98. The monoisotopic (exact) mass is 345 g/mol. The Bertz CT molecular complexity index is 1020. The molecule has 0 aliphatic carbocycles. The minimum atomic E-state index is -0.236. The fraction of sp³-hybridized carbons (Fsp3) is 0.0556. The number of aryl methyl sites for hydroxylation is 1. The molecule has 3 heterocycles. The summed E-state index contributed by atoms with van der Waals surface area (Å²) in [6.07, 6.45) is 6.29. The van der Waals surface area contributed by atoms with Crippen LogP contribution in [0, 0.1) is 6.92 Å². The quantitative estimate of drug-likeness (QED) is 0.613. The average molecular weight is 345 g/mol. The molecule has 0 bridgehead atoms. The SMILES string of the molecule is Cc1nn(-c2ccccc2)cc1C(=O)Nc1ccc(-n2cncn2)nc1. The summed E-state index contributed by atoms with van der Waals surface area (Å²) in [5, 5.41) is 11.3. The molecule has 4 aromatic rings. The summed E-state index contributed by atoms with van der Waals surface area (Å²) in [6.45, 7) is 1.81. The van der Waals surface area contributed by atoms with Crippen LogP contribution in [0.5, 0.6) is 0 Å². The van der Waals surface area contributed by atoms with Crippen molar-refractivity contribution in [3.8, 4) is 11.5 Å². The second-order valence-corrected chi connectivity index (χ2v) is 5.61. The van der Waals surface area contributed by atoms with Crippen molar-refractivity contribution in [1.29, 1.82) is 0 Å². The van der Waals surface area contributed by atoms with Gasteiger partial charge in [0.25, 0.3) is 5.91 Å². The fourth-order valence-corrected chi connectivity index (χ4v) is 2.52. The Morgan fingerprint density at radius 3 is 2.62 bits per heavy atom. The van der Waals surface area contributed by atoms with E-state index in [2.05, 4.69) is 25.5 Å². The van der Waals surface area contributed by atoms with Crippen LogP contribution in [0.25, 0.3) is 11.5 Å². The van der Waals surface area contributed by atoms with Gasteiger partial charge in [-0.15, -0.1) is 0 Å². The lowest BCUT2D eigenvalue weighted by Gasteiger charge is -2.05. The van der Waals surface area contributed by atoms with Gasteiger partial charge in [-0.2, -0.15) is 10.2 Å². The van der Waals surface area contributed by atoms with Crippen molar-refractivity contribution in [1.82, 2.24) is 29.5 Å². The lowest BCUT2D eigenvalue weighted by atomic mass is 10.2. The zero-order chi connectivity index (χ0) is 17.9. The highest BCUT2D eigenvalue weighted by Crippen LogP contribution is 2.15. The van der Waals surface area contributed by atoms with Gasteiger partial charge >= 0.3 is 0 Å². The molecule has 1 amide bonds. The predicted octanol–water partition coefficient (Wildman–Crippen LogP) is 2.41. The van der Waals surface area contributed by atoms with Crippen LogP contribution in [0.15, 0.2) is 67.5 Å². The van der Waals surface area contributed by atoms with E-state index in [9.17, 15) is 4.79 Å². The summed E-state index contributed by atoms with van der Waals surface area (Å²) in [6, 6.07) is 13.2. The first kappa shape index (κ1) is 15.7. The number of rotatable bonds is 4. The van der Waals surface area contributed by atoms with Crippen LogP contribution in [0.1, 0.15) is 16.1 Å². The Morgan fingerprint density at radius 1 is 1.08 bits per heavy atom. The van der Waals surface area contributed by atoms with E-state index in [0.29, 0.717) is 22.8 Å². The number of nitrogens with one attached hydrogen (secondary N) is 1. The molecule has 1 N–H and O–H groups in total. The molecule has 0 saturated carbocycles. The first-order valence-corrected chi connectivity index (χ1v) is 7.95. The maximum Gasteiger partial charge on any atom is 0.259 e. The van der Waals surface area contributed by atoms with E-state index < -0.39 is 0 Å². The smallest absolute Gasteiger partial charge is 0.259 e. The summed E-state index contributed by atoms with van der Waals surface area (Å²) in [7, 11) is 0. The average Bonchev–Trinajstić information content (AvgIpc) is 3.33. The Labute approximate surface area is 149 Å². The van der Waals surface area contributed by atoms with Gasteiger partial charge in [0, 0.05) is 6.20 Å². The molecule has 0 aliphatic rings. The third kappa shape index (κ3) is 3.07. The van der Waals surface area contributed by atoms with Crippen LogP contribution >= 0.6 is 0 Å². The summed E-state index contributed by atoms with van der Waals surface area (Å²) < 4.78 is 3.23. The zero-order valence-electron chi connectivity index (χ0n) is 13.9. The van der Waals surface area contributed by atoms with Crippen molar-refractivity contribution >= 4 is 11.6 Å². The van der Waals surface area contributed by atoms with E-state index in [1.807, 2.05) is 30.3 Å². The molecule has 0 unspecified atom stereocenters. The van der Waals surface area contributed by atoms with Gasteiger partial charge in [0.05, 0.1) is 28.8 Å². The van der Waals surface area contributed by atoms with Crippen LogP contribution in [-0.4, -0.2) is 35.4 Å². The summed E-state index contributed by atoms with van der Waals surface area (Å²) in [5.74, 6) is 0.383. The molecule has 0 atom stereocenters. The third-order valence-corrected chi connectivity index (χ3v) is 3.82. The Hall–Kier alpha value is -3.81. The molecule has 0 radical (unpaired) electrons. The van der Waals surface area contributed by atoms with Crippen molar-refractivity contribution in [2.45, 2.75) is 6.92 Å². The van der Waals surface area contributed by atoms with Crippen LogP contribution < -0.4 is 5.32 Å². The van der Waals surface area contributed by atoms with E-state index in [4.69, 9.17) is 0 Å². The van der Waals surface area contributed by atoms with E-state index in [1.165, 1.54) is 6.33 Å². The molecular weight excluding hydrogens is 330 g/mol. The number of benzene rings is 1. The van der Waals surface area contributed by atoms with E-state index in [1.54, 1.807) is 47.1 Å². The normalized spacial score (nSPS) is 10.7. The van der Waals surface area contributed by atoms with Crippen LogP contribution in [-0.2, 0) is 0 Å².